The number of aliphatic hydroxyl groups excluding tert-OH is 1. The molecule has 0 saturated heterocycles. The van der Waals surface area contributed by atoms with Crippen LogP contribution in [0, 0.1) is 11.6 Å². The van der Waals surface area contributed by atoms with Crippen molar-refractivity contribution in [2.75, 3.05) is 19.0 Å². The third kappa shape index (κ3) is 3.90. The van der Waals surface area contributed by atoms with Gasteiger partial charge in [-0.1, -0.05) is 12.1 Å². The molecule has 0 fully saturated rings. The summed E-state index contributed by atoms with van der Waals surface area (Å²) in [5.41, 5.74) is 1.25. The first-order valence-corrected chi connectivity index (χ1v) is 8.13. The Hall–Kier alpha value is -3.00. The van der Waals surface area contributed by atoms with Crippen molar-refractivity contribution in [3.05, 3.63) is 59.3 Å². The first-order chi connectivity index (χ1) is 12.9. The van der Waals surface area contributed by atoms with Gasteiger partial charge < -0.3 is 20.1 Å². The van der Waals surface area contributed by atoms with Crippen LogP contribution in [0.25, 0.3) is 10.9 Å². The van der Waals surface area contributed by atoms with E-state index < -0.39 is 30.3 Å². The molecule has 1 aromatic heterocycles. The number of halogens is 3. The molecular formula is C19H17F3N2O3. The molecule has 5 nitrogen and oxygen atoms in total. The van der Waals surface area contributed by atoms with Crippen LogP contribution in [0.1, 0.15) is 16.1 Å². The number of carbonyl (C=O) groups excluding carboxylic acids is 1. The molecule has 0 radical (unpaired) electrons. The minimum atomic E-state index is -1.39. The first kappa shape index (κ1) is 18.8. The van der Waals surface area contributed by atoms with Gasteiger partial charge in [0.05, 0.1) is 19.2 Å². The highest BCUT2D eigenvalue weighted by atomic mass is 19.2. The Bertz CT molecular complexity index is 988. The number of fused-ring (bicyclic) bond motifs is 1. The summed E-state index contributed by atoms with van der Waals surface area (Å²) in [5.74, 6) is -3.08. The smallest absolute Gasteiger partial charge is 0.272 e. The van der Waals surface area contributed by atoms with E-state index in [2.05, 4.69) is 10.3 Å². The highest BCUT2D eigenvalue weighted by molar-refractivity contribution is 6.06. The molecule has 3 aromatic rings. The zero-order valence-electron chi connectivity index (χ0n) is 14.4. The Morgan fingerprint density at radius 1 is 1.26 bits per heavy atom. The van der Waals surface area contributed by atoms with Crippen LogP contribution in [-0.4, -0.2) is 35.9 Å². The maximum atomic E-state index is 14.1. The minimum Gasteiger partial charge on any atom is -0.493 e. The van der Waals surface area contributed by atoms with Crippen molar-refractivity contribution in [1.82, 2.24) is 4.98 Å². The fourth-order valence-corrected chi connectivity index (χ4v) is 2.75. The molecule has 27 heavy (non-hydrogen) atoms. The van der Waals surface area contributed by atoms with E-state index in [1.807, 2.05) is 0 Å². The molecule has 3 rings (SSSR count). The summed E-state index contributed by atoms with van der Waals surface area (Å²) in [6.45, 7) is -0.586. The van der Waals surface area contributed by atoms with Crippen LogP contribution in [0.15, 0.2) is 36.4 Å². The Labute approximate surface area is 152 Å². The van der Waals surface area contributed by atoms with Crippen molar-refractivity contribution in [2.24, 2.45) is 0 Å². The second-order valence-corrected chi connectivity index (χ2v) is 5.99. The number of aromatic nitrogens is 1. The summed E-state index contributed by atoms with van der Waals surface area (Å²) < 4.78 is 46.0. The summed E-state index contributed by atoms with van der Waals surface area (Å²) in [4.78, 5) is 15.1. The van der Waals surface area contributed by atoms with Gasteiger partial charge in [-0.2, -0.15) is 4.39 Å². The van der Waals surface area contributed by atoms with E-state index in [9.17, 15) is 18.0 Å². The fraction of sp³-hybridized carbons (Fsp3) is 0.211. The third-order valence-corrected chi connectivity index (χ3v) is 4.07. The van der Waals surface area contributed by atoms with Gasteiger partial charge in [0, 0.05) is 23.6 Å². The number of anilines is 1. The Kier molecular flexibility index (Phi) is 5.36. The average Bonchev–Trinajstić information content (AvgIpc) is 3.09. The molecule has 0 aliphatic rings. The summed E-state index contributed by atoms with van der Waals surface area (Å²) >= 11 is 0. The van der Waals surface area contributed by atoms with Crippen molar-refractivity contribution in [3.63, 3.8) is 0 Å². The van der Waals surface area contributed by atoms with E-state index in [1.165, 1.54) is 19.2 Å². The quantitative estimate of drug-likeness (QED) is 0.614. The van der Waals surface area contributed by atoms with Crippen LogP contribution in [0.4, 0.5) is 18.9 Å². The molecule has 0 spiro atoms. The van der Waals surface area contributed by atoms with Gasteiger partial charge >= 0.3 is 0 Å². The third-order valence-electron chi connectivity index (χ3n) is 4.07. The van der Waals surface area contributed by atoms with Gasteiger partial charge in [0.1, 0.15) is 11.9 Å². The number of benzene rings is 2. The van der Waals surface area contributed by atoms with Crippen LogP contribution < -0.4 is 10.1 Å². The molecule has 2 aromatic carbocycles. The number of amides is 1. The van der Waals surface area contributed by atoms with Gasteiger partial charge in [0.2, 0.25) is 5.82 Å². The normalized spacial score (nSPS) is 12.2. The van der Waals surface area contributed by atoms with E-state index in [1.54, 1.807) is 24.3 Å². The molecule has 0 saturated carbocycles. The molecular weight excluding hydrogens is 361 g/mol. The summed E-state index contributed by atoms with van der Waals surface area (Å²) in [7, 11) is 1.21. The van der Waals surface area contributed by atoms with Crippen molar-refractivity contribution in [1.29, 1.82) is 0 Å². The lowest BCUT2D eigenvalue weighted by molar-refractivity contribution is 0.102. The van der Waals surface area contributed by atoms with Crippen LogP contribution in [0.3, 0.4) is 0 Å². The van der Waals surface area contributed by atoms with Gasteiger partial charge in [-0.05, 0) is 23.8 Å². The Morgan fingerprint density at radius 2 is 2.04 bits per heavy atom. The number of aliphatic hydroxyl groups is 1. The van der Waals surface area contributed by atoms with Crippen LogP contribution in [-0.2, 0) is 6.42 Å². The van der Waals surface area contributed by atoms with Crippen molar-refractivity contribution in [2.45, 2.75) is 12.6 Å². The summed E-state index contributed by atoms with van der Waals surface area (Å²) in [6, 6.07) is 8.97. The maximum Gasteiger partial charge on any atom is 0.272 e. The van der Waals surface area contributed by atoms with Gasteiger partial charge in [-0.3, -0.25) is 4.79 Å². The van der Waals surface area contributed by atoms with E-state index in [0.717, 1.165) is 0 Å². The number of hydrogen-bond acceptors (Lipinski definition) is 3. The summed E-state index contributed by atoms with van der Waals surface area (Å²) in [6.07, 6.45) is -1.38. The molecule has 1 atom stereocenters. The zero-order chi connectivity index (χ0) is 19.6. The predicted octanol–water partition coefficient (Wildman–Crippen LogP) is 3.58. The molecule has 8 heteroatoms. The largest absolute Gasteiger partial charge is 0.493 e. The predicted molar refractivity (Wildman–Crippen MR) is 94.8 cm³/mol. The topological polar surface area (TPSA) is 74.4 Å². The molecule has 1 heterocycles. The van der Waals surface area contributed by atoms with E-state index >= 15 is 0 Å². The number of ether oxygens (including phenoxy) is 1. The highest BCUT2D eigenvalue weighted by Crippen LogP contribution is 2.29. The molecule has 1 unspecified atom stereocenters. The molecule has 1 amide bonds. The Morgan fingerprint density at radius 3 is 2.74 bits per heavy atom. The number of aromatic amines is 1. The minimum absolute atomic E-state index is 0.0108. The first-order valence-electron chi connectivity index (χ1n) is 8.13. The molecule has 0 aliphatic heterocycles. The van der Waals surface area contributed by atoms with Crippen LogP contribution in [0.5, 0.6) is 5.75 Å². The molecule has 0 bridgehead atoms. The molecule has 3 N–H and O–H groups in total. The Balaban J connectivity index is 1.84. The lowest BCUT2D eigenvalue weighted by Gasteiger charge is -2.08. The lowest BCUT2D eigenvalue weighted by Crippen LogP contribution is -2.13. The number of carbonyl (C=O) groups is 1. The van der Waals surface area contributed by atoms with E-state index in [0.29, 0.717) is 11.3 Å². The number of hydrogen-bond donors (Lipinski definition) is 3. The maximum absolute atomic E-state index is 14.1. The van der Waals surface area contributed by atoms with Gasteiger partial charge in [-0.15, -0.1) is 0 Å². The lowest BCUT2D eigenvalue weighted by atomic mass is 10.1. The second-order valence-electron chi connectivity index (χ2n) is 5.99. The van der Waals surface area contributed by atoms with E-state index in [-0.39, 0.29) is 28.8 Å². The number of rotatable bonds is 6. The summed E-state index contributed by atoms with van der Waals surface area (Å²) in [5, 5.41) is 11.3. The SMILES string of the molecule is COc1cc2[nH]c(C(=O)Nc3cccc(CC(F)CO)c3)cc2c(F)c1F. The fourth-order valence-electron chi connectivity index (χ4n) is 2.75. The molecule has 0 aliphatic carbocycles. The number of H-pyrrole nitrogens is 1. The second kappa shape index (κ2) is 7.71. The highest BCUT2D eigenvalue weighted by Gasteiger charge is 2.18. The van der Waals surface area contributed by atoms with Crippen LogP contribution in [0.2, 0.25) is 0 Å². The van der Waals surface area contributed by atoms with Gasteiger partial charge in [0.15, 0.2) is 11.6 Å². The zero-order valence-corrected chi connectivity index (χ0v) is 14.4. The van der Waals surface area contributed by atoms with Crippen LogP contribution >= 0.6 is 0 Å². The monoisotopic (exact) mass is 378 g/mol. The van der Waals surface area contributed by atoms with Crippen molar-refractivity contribution in [3.8, 4) is 5.75 Å². The van der Waals surface area contributed by atoms with Gasteiger partial charge in [-0.25, -0.2) is 8.78 Å². The number of alkyl halides is 1. The number of methoxy groups -OCH3 is 1. The standard InChI is InChI=1S/C19H17F3N2O3/c1-27-16-8-14-13(17(21)18(16)22)7-15(24-14)19(26)23-12-4-2-3-10(6-12)5-11(20)9-25/h2-4,6-8,11,24-25H,5,9H2,1H3,(H,23,26). The molecule has 142 valence electrons. The number of nitrogens with one attached hydrogen (secondary N) is 2. The van der Waals surface area contributed by atoms with Crippen molar-refractivity contribution >= 4 is 22.5 Å². The van der Waals surface area contributed by atoms with Gasteiger partial charge in [0.25, 0.3) is 5.91 Å². The average molecular weight is 378 g/mol. The van der Waals surface area contributed by atoms with E-state index in [4.69, 9.17) is 9.84 Å². The van der Waals surface area contributed by atoms with Crippen molar-refractivity contribution < 1.29 is 27.8 Å².